The lowest BCUT2D eigenvalue weighted by Gasteiger charge is -2.32. The number of carbonyl (C=O) groups excluding carboxylic acids is 1. The minimum atomic E-state index is -0.131. The number of nitrogens with one attached hydrogen (secondary N) is 2. The summed E-state index contributed by atoms with van der Waals surface area (Å²) in [6.45, 7) is 2.81. The number of amides is 2. The molecule has 0 spiro atoms. The molecule has 1 aliphatic rings. The molecule has 2 aromatic carbocycles. The van der Waals surface area contributed by atoms with E-state index >= 15 is 0 Å². The first-order valence-electron chi connectivity index (χ1n) is 9.45. The van der Waals surface area contributed by atoms with Crippen LogP contribution in [0.2, 0.25) is 0 Å². The third kappa shape index (κ3) is 4.63. The third-order valence-electron chi connectivity index (χ3n) is 5.04. The van der Waals surface area contributed by atoms with E-state index in [0.29, 0.717) is 0 Å². The Hall–Kier alpha value is -2.92. The van der Waals surface area contributed by atoms with Gasteiger partial charge in [0.25, 0.3) is 0 Å². The van der Waals surface area contributed by atoms with Crippen molar-refractivity contribution in [3.63, 3.8) is 0 Å². The number of benzene rings is 2. The second kappa shape index (κ2) is 8.18. The first kappa shape index (κ1) is 17.5. The van der Waals surface area contributed by atoms with Gasteiger partial charge in [-0.2, -0.15) is 0 Å². The van der Waals surface area contributed by atoms with E-state index in [9.17, 15) is 4.79 Å². The average Bonchev–Trinajstić information content (AvgIpc) is 2.70. The van der Waals surface area contributed by atoms with Crippen LogP contribution in [-0.4, -0.2) is 35.0 Å². The van der Waals surface area contributed by atoms with Crippen LogP contribution in [0.1, 0.15) is 18.5 Å². The van der Waals surface area contributed by atoms with Crippen LogP contribution in [0.3, 0.4) is 0 Å². The molecule has 4 rings (SSSR count). The fourth-order valence-corrected chi connectivity index (χ4v) is 3.58. The predicted molar refractivity (Wildman–Crippen MR) is 109 cm³/mol. The maximum absolute atomic E-state index is 12.3. The lowest BCUT2D eigenvalue weighted by Crippen LogP contribution is -2.45. The van der Waals surface area contributed by atoms with Crippen molar-refractivity contribution in [1.29, 1.82) is 0 Å². The second-order valence-electron chi connectivity index (χ2n) is 7.03. The first-order valence-corrected chi connectivity index (χ1v) is 9.45. The Morgan fingerprint density at radius 3 is 2.56 bits per heavy atom. The van der Waals surface area contributed by atoms with Gasteiger partial charge in [0.15, 0.2) is 0 Å². The van der Waals surface area contributed by atoms with Gasteiger partial charge in [-0.05, 0) is 47.9 Å². The van der Waals surface area contributed by atoms with Crippen molar-refractivity contribution in [2.45, 2.75) is 25.4 Å². The topological polar surface area (TPSA) is 57.3 Å². The quantitative estimate of drug-likeness (QED) is 0.739. The van der Waals surface area contributed by atoms with E-state index in [0.717, 1.165) is 49.2 Å². The summed E-state index contributed by atoms with van der Waals surface area (Å²) in [5, 5.41) is 8.36. The normalized spacial score (nSPS) is 15.6. The number of nitrogens with zero attached hydrogens (tertiary/aromatic N) is 2. The maximum atomic E-state index is 12.3. The van der Waals surface area contributed by atoms with E-state index in [1.54, 1.807) is 0 Å². The number of hydrogen-bond donors (Lipinski definition) is 2. The minimum absolute atomic E-state index is 0.131. The Morgan fingerprint density at radius 2 is 1.78 bits per heavy atom. The highest BCUT2D eigenvalue weighted by molar-refractivity contribution is 5.93. The lowest BCUT2D eigenvalue weighted by atomic mass is 10.0. The molecule has 0 atom stereocenters. The number of piperidine rings is 1. The van der Waals surface area contributed by atoms with Crippen LogP contribution >= 0.6 is 0 Å². The fraction of sp³-hybridized carbons (Fsp3) is 0.273. The summed E-state index contributed by atoms with van der Waals surface area (Å²) in [6, 6.07) is 20.2. The van der Waals surface area contributed by atoms with Gasteiger partial charge < -0.3 is 10.6 Å². The Kier molecular flexibility index (Phi) is 5.30. The molecule has 0 radical (unpaired) electrons. The van der Waals surface area contributed by atoms with Gasteiger partial charge in [0.1, 0.15) is 0 Å². The summed E-state index contributed by atoms with van der Waals surface area (Å²) in [7, 11) is 0. The summed E-state index contributed by atoms with van der Waals surface area (Å²) in [5.41, 5.74) is 1.91. The number of aromatic nitrogens is 1. The average molecular weight is 360 g/mol. The van der Waals surface area contributed by atoms with Crippen LogP contribution in [-0.2, 0) is 6.54 Å². The van der Waals surface area contributed by atoms with Crippen LogP contribution in [0.5, 0.6) is 0 Å². The number of pyridine rings is 1. The number of urea groups is 1. The van der Waals surface area contributed by atoms with Crippen molar-refractivity contribution in [2.75, 3.05) is 18.4 Å². The van der Waals surface area contributed by atoms with E-state index in [1.165, 1.54) is 5.39 Å². The molecule has 0 bridgehead atoms. The number of carbonyl (C=O) groups is 1. The SMILES string of the molecule is O=C(Nc1ccc2ccccc2c1)NC1CCN(Cc2ccccn2)CC1. The van der Waals surface area contributed by atoms with E-state index < -0.39 is 0 Å². The van der Waals surface area contributed by atoms with Gasteiger partial charge in [0.05, 0.1) is 5.69 Å². The van der Waals surface area contributed by atoms with Crippen molar-refractivity contribution in [3.05, 3.63) is 72.6 Å². The van der Waals surface area contributed by atoms with Gasteiger partial charge in [-0.3, -0.25) is 9.88 Å². The molecule has 138 valence electrons. The fourth-order valence-electron chi connectivity index (χ4n) is 3.58. The minimum Gasteiger partial charge on any atom is -0.335 e. The van der Waals surface area contributed by atoms with Crippen molar-refractivity contribution in [2.24, 2.45) is 0 Å². The zero-order valence-corrected chi connectivity index (χ0v) is 15.3. The van der Waals surface area contributed by atoms with Gasteiger partial charge >= 0.3 is 6.03 Å². The summed E-state index contributed by atoms with van der Waals surface area (Å²) in [4.78, 5) is 19.1. The molecule has 1 aliphatic heterocycles. The molecule has 2 heterocycles. The molecule has 1 aromatic heterocycles. The molecule has 1 fully saturated rings. The highest BCUT2D eigenvalue weighted by Crippen LogP contribution is 2.19. The van der Waals surface area contributed by atoms with E-state index in [1.807, 2.05) is 48.7 Å². The standard InChI is InChI=1S/C22H24N4O/c27-22(25-20-9-8-17-5-1-2-6-18(17)15-20)24-19-10-13-26(14-11-19)16-21-7-3-4-12-23-21/h1-9,12,15,19H,10-11,13-14,16H2,(H2,24,25,27). The molecule has 0 aliphatic carbocycles. The van der Waals surface area contributed by atoms with E-state index in [2.05, 4.69) is 38.7 Å². The number of anilines is 1. The molecule has 2 amide bonds. The molecule has 0 unspecified atom stereocenters. The van der Waals surface area contributed by atoms with Gasteiger partial charge in [-0.1, -0.05) is 36.4 Å². The van der Waals surface area contributed by atoms with Crippen LogP contribution in [0, 0.1) is 0 Å². The van der Waals surface area contributed by atoms with Crippen molar-refractivity contribution in [1.82, 2.24) is 15.2 Å². The Morgan fingerprint density at radius 1 is 1.00 bits per heavy atom. The summed E-state index contributed by atoms with van der Waals surface area (Å²) >= 11 is 0. The Balaban J connectivity index is 1.26. The summed E-state index contributed by atoms with van der Waals surface area (Å²) < 4.78 is 0. The highest BCUT2D eigenvalue weighted by atomic mass is 16.2. The highest BCUT2D eigenvalue weighted by Gasteiger charge is 2.21. The van der Waals surface area contributed by atoms with Gasteiger partial charge in [-0.25, -0.2) is 4.79 Å². The van der Waals surface area contributed by atoms with Crippen molar-refractivity contribution in [3.8, 4) is 0 Å². The number of hydrogen-bond acceptors (Lipinski definition) is 3. The van der Waals surface area contributed by atoms with Crippen LogP contribution < -0.4 is 10.6 Å². The molecule has 0 saturated carbocycles. The van der Waals surface area contributed by atoms with Gasteiger partial charge in [-0.15, -0.1) is 0 Å². The lowest BCUT2D eigenvalue weighted by molar-refractivity contribution is 0.188. The molecule has 27 heavy (non-hydrogen) atoms. The predicted octanol–water partition coefficient (Wildman–Crippen LogP) is 4.02. The van der Waals surface area contributed by atoms with Crippen molar-refractivity contribution >= 4 is 22.5 Å². The second-order valence-corrected chi connectivity index (χ2v) is 7.03. The van der Waals surface area contributed by atoms with Gasteiger partial charge in [0.2, 0.25) is 0 Å². The monoisotopic (exact) mass is 360 g/mol. The smallest absolute Gasteiger partial charge is 0.319 e. The van der Waals surface area contributed by atoms with Crippen molar-refractivity contribution < 1.29 is 4.79 Å². The zero-order chi connectivity index (χ0) is 18.5. The Labute approximate surface area is 159 Å². The molecule has 3 aromatic rings. The zero-order valence-electron chi connectivity index (χ0n) is 15.3. The molecule has 2 N–H and O–H groups in total. The summed E-state index contributed by atoms with van der Waals surface area (Å²) in [6.07, 6.45) is 3.75. The van der Waals surface area contributed by atoms with Crippen LogP contribution in [0.25, 0.3) is 10.8 Å². The molecular formula is C22H24N4O. The van der Waals surface area contributed by atoms with Crippen LogP contribution in [0.4, 0.5) is 10.5 Å². The van der Waals surface area contributed by atoms with Crippen LogP contribution in [0.15, 0.2) is 66.9 Å². The number of rotatable bonds is 4. The summed E-state index contributed by atoms with van der Waals surface area (Å²) in [5.74, 6) is 0. The van der Waals surface area contributed by atoms with Gasteiger partial charge in [0, 0.05) is 37.6 Å². The molecule has 1 saturated heterocycles. The maximum Gasteiger partial charge on any atom is 0.319 e. The molecule has 5 nitrogen and oxygen atoms in total. The first-order chi connectivity index (χ1) is 13.3. The number of likely N-dealkylation sites (tertiary alicyclic amines) is 1. The number of fused-ring (bicyclic) bond motifs is 1. The van der Waals surface area contributed by atoms with E-state index in [-0.39, 0.29) is 12.1 Å². The molecule has 5 heteroatoms. The Bertz CT molecular complexity index is 904. The van der Waals surface area contributed by atoms with E-state index in [4.69, 9.17) is 0 Å². The third-order valence-corrected chi connectivity index (χ3v) is 5.04. The largest absolute Gasteiger partial charge is 0.335 e. The molecular weight excluding hydrogens is 336 g/mol.